The molecule has 0 amide bonds. The number of thiazole rings is 1. The van der Waals surface area contributed by atoms with Gasteiger partial charge in [0, 0.05) is 20.5 Å². The van der Waals surface area contributed by atoms with Crippen LogP contribution in [0.2, 0.25) is 10.0 Å². The molecule has 2 nitrogen and oxygen atoms in total. The van der Waals surface area contributed by atoms with E-state index in [1.165, 1.54) is 17.0 Å². The summed E-state index contributed by atoms with van der Waals surface area (Å²) in [5, 5.41) is 5.71. The molecule has 1 aliphatic rings. The fourth-order valence-corrected chi connectivity index (χ4v) is 4.40. The maximum Gasteiger partial charge on any atom is 0.115 e. The maximum absolute atomic E-state index is 6.30. The van der Waals surface area contributed by atoms with Gasteiger partial charge < -0.3 is 5.32 Å². The van der Waals surface area contributed by atoms with Crippen LogP contribution in [0, 0.1) is 0 Å². The Kier molecular flexibility index (Phi) is 3.81. The molecule has 3 rings (SSSR count). The normalized spacial score (nSPS) is 15.5. The molecule has 1 aromatic heterocycles. The number of hydrogen-bond acceptors (Lipinski definition) is 3. The predicted octanol–water partition coefficient (Wildman–Crippen LogP) is 4.25. The standard InChI is InChI=1S/C14H14Cl2N2S/c1-17-13(12-8(15)4-2-5-9(12)16)14-18-10-6-3-7-11(10)19-14/h2,4-5,13,17H,3,6-7H2,1H3. The monoisotopic (exact) mass is 312 g/mol. The fourth-order valence-electron chi connectivity index (χ4n) is 2.51. The lowest BCUT2D eigenvalue weighted by atomic mass is 10.1. The molecule has 1 atom stereocenters. The minimum atomic E-state index is -0.0307. The molecule has 0 fully saturated rings. The first-order valence-electron chi connectivity index (χ1n) is 6.30. The summed E-state index contributed by atoms with van der Waals surface area (Å²) >= 11 is 14.4. The molecule has 0 saturated heterocycles. The number of benzene rings is 1. The molecule has 100 valence electrons. The summed E-state index contributed by atoms with van der Waals surface area (Å²) in [7, 11) is 1.91. The average molecular weight is 313 g/mol. The highest BCUT2D eigenvalue weighted by Crippen LogP contribution is 2.38. The highest BCUT2D eigenvalue weighted by molar-refractivity contribution is 7.11. The molecule has 0 bridgehead atoms. The van der Waals surface area contributed by atoms with Gasteiger partial charge in [-0.3, -0.25) is 0 Å². The lowest BCUT2D eigenvalue weighted by molar-refractivity contribution is 0.683. The van der Waals surface area contributed by atoms with Gasteiger partial charge in [-0.15, -0.1) is 11.3 Å². The molecule has 1 aromatic carbocycles. The Balaban J connectivity index is 2.04. The van der Waals surface area contributed by atoms with Gasteiger partial charge in [0.05, 0.1) is 11.7 Å². The van der Waals surface area contributed by atoms with Crippen LogP contribution in [0.1, 0.15) is 33.6 Å². The summed E-state index contributed by atoms with van der Waals surface area (Å²) in [5.74, 6) is 0. The maximum atomic E-state index is 6.30. The topological polar surface area (TPSA) is 24.9 Å². The van der Waals surface area contributed by atoms with Crippen molar-refractivity contribution >= 4 is 34.5 Å². The van der Waals surface area contributed by atoms with Crippen molar-refractivity contribution in [2.75, 3.05) is 7.05 Å². The summed E-state index contributed by atoms with van der Waals surface area (Å²) in [4.78, 5) is 6.17. The summed E-state index contributed by atoms with van der Waals surface area (Å²) in [5.41, 5.74) is 2.17. The smallest absolute Gasteiger partial charge is 0.115 e. The summed E-state index contributed by atoms with van der Waals surface area (Å²) < 4.78 is 0. The zero-order valence-corrected chi connectivity index (χ0v) is 12.9. The molecule has 0 saturated carbocycles. The number of halogens is 2. The van der Waals surface area contributed by atoms with Gasteiger partial charge in [0.1, 0.15) is 5.01 Å². The fraction of sp³-hybridized carbons (Fsp3) is 0.357. The van der Waals surface area contributed by atoms with Crippen LogP contribution in [0.4, 0.5) is 0 Å². The Morgan fingerprint density at radius 3 is 2.63 bits per heavy atom. The first-order chi connectivity index (χ1) is 9.20. The number of aromatic nitrogens is 1. The van der Waals surface area contributed by atoms with Crippen LogP contribution in [-0.4, -0.2) is 12.0 Å². The highest BCUT2D eigenvalue weighted by Gasteiger charge is 2.25. The Hall–Kier alpha value is -0.610. The zero-order valence-electron chi connectivity index (χ0n) is 10.5. The van der Waals surface area contributed by atoms with Gasteiger partial charge in [-0.1, -0.05) is 29.3 Å². The zero-order chi connectivity index (χ0) is 13.4. The first kappa shape index (κ1) is 13.4. The second-order valence-corrected chi connectivity index (χ2v) is 6.56. The molecule has 1 heterocycles. The van der Waals surface area contributed by atoms with Crippen LogP contribution in [-0.2, 0) is 12.8 Å². The van der Waals surface area contributed by atoms with Gasteiger partial charge in [0.2, 0.25) is 0 Å². The molecule has 19 heavy (non-hydrogen) atoms. The van der Waals surface area contributed by atoms with E-state index in [1.807, 2.05) is 25.2 Å². The summed E-state index contributed by atoms with van der Waals surface area (Å²) in [6.45, 7) is 0. The van der Waals surface area contributed by atoms with Crippen LogP contribution in [0.25, 0.3) is 0 Å². The van der Waals surface area contributed by atoms with E-state index < -0.39 is 0 Å². The third-order valence-corrected chi connectivity index (χ3v) is 5.32. The van der Waals surface area contributed by atoms with E-state index in [-0.39, 0.29) is 6.04 Å². The van der Waals surface area contributed by atoms with E-state index in [0.717, 1.165) is 23.4 Å². The Morgan fingerprint density at radius 2 is 2.00 bits per heavy atom. The van der Waals surface area contributed by atoms with Crippen molar-refractivity contribution < 1.29 is 0 Å². The number of aryl methyl sites for hydroxylation is 2. The molecule has 1 aliphatic carbocycles. The number of nitrogens with zero attached hydrogens (tertiary/aromatic N) is 1. The second kappa shape index (κ2) is 5.41. The van der Waals surface area contributed by atoms with Crippen LogP contribution >= 0.6 is 34.5 Å². The van der Waals surface area contributed by atoms with Gasteiger partial charge in [0.25, 0.3) is 0 Å². The third kappa shape index (κ3) is 2.40. The number of nitrogens with one attached hydrogen (secondary N) is 1. The highest BCUT2D eigenvalue weighted by atomic mass is 35.5. The van der Waals surface area contributed by atoms with Crippen molar-refractivity contribution in [3.8, 4) is 0 Å². The molecule has 0 radical (unpaired) electrons. The number of hydrogen-bond donors (Lipinski definition) is 1. The van der Waals surface area contributed by atoms with Crippen molar-refractivity contribution in [1.29, 1.82) is 0 Å². The first-order valence-corrected chi connectivity index (χ1v) is 7.87. The van der Waals surface area contributed by atoms with Gasteiger partial charge >= 0.3 is 0 Å². The van der Waals surface area contributed by atoms with E-state index in [2.05, 4.69) is 5.32 Å². The predicted molar refractivity (Wildman–Crippen MR) is 81.5 cm³/mol. The van der Waals surface area contributed by atoms with Crippen molar-refractivity contribution in [2.45, 2.75) is 25.3 Å². The van der Waals surface area contributed by atoms with Crippen LogP contribution in [0.3, 0.4) is 0 Å². The molecule has 0 aliphatic heterocycles. The third-order valence-electron chi connectivity index (χ3n) is 3.44. The van der Waals surface area contributed by atoms with Crippen molar-refractivity contribution in [3.05, 3.63) is 49.4 Å². The SMILES string of the molecule is CNC(c1nc2c(s1)CCC2)c1c(Cl)cccc1Cl. The van der Waals surface area contributed by atoms with Crippen molar-refractivity contribution in [1.82, 2.24) is 10.3 Å². The van der Waals surface area contributed by atoms with E-state index in [1.54, 1.807) is 11.3 Å². The van der Waals surface area contributed by atoms with E-state index >= 15 is 0 Å². The second-order valence-electron chi connectivity index (χ2n) is 4.63. The summed E-state index contributed by atoms with van der Waals surface area (Å²) in [6, 6.07) is 5.57. The molecular weight excluding hydrogens is 299 g/mol. The Morgan fingerprint density at radius 1 is 1.26 bits per heavy atom. The Bertz CT molecular complexity index is 568. The van der Waals surface area contributed by atoms with Crippen LogP contribution < -0.4 is 5.32 Å². The minimum Gasteiger partial charge on any atom is -0.307 e. The van der Waals surface area contributed by atoms with Gasteiger partial charge in [0.15, 0.2) is 0 Å². The van der Waals surface area contributed by atoms with Gasteiger partial charge in [-0.25, -0.2) is 4.98 Å². The number of fused-ring (bicyclic) bond motifs is 1. The minimum absolute atomic E-state index is 0.0307. The largest absolute Gasteiger partial charge is 0.307 e. The lowest BCUT2D eigenvalue weighted by Crippen LogP contribution is -2.18. The lowest BCUT2D eigenvalue weighted by Gasteiger charge is -2.17. The average Bonchev–Trinajstić information content (AvgIpc) is 2.94. The summed E-state index contributed by atoms with van der Waals surface area (Å²) in [6.07, 6.45) is 3.48. The van der Waals surface area contributed by atoms with E-state index in [9.17, 15) is 0 Å². The van der Waals surface area contributed by atoms with Crippen molar-refractivity contribution in [2.24, 2.45) is 0 Å². The molecule has 1 unspecified atom stereocenters. The van der Waals surface area contributed by atoms with Crippen molar-refractivity contribution in [3.63, 3.8) is 0 Å². The Labute approximate surface area is 126 Å². The van der Waals surface area contributed by atoms with Gasteiger partial charge in [-0.2, -0.15) is 0 Å². The van der Waals surface area contributed by atoms with Crippen LogP contribution in [0.15, 0.2) is 18.2 Å². The van der Waals surface area contributed by atoms with E-state index in [4.69, 9.17) is 28.2 Å². The van der Waals surface area contributed by atoms with Crippen LogP contribution in [0.5, 0.6) is 0 Å². The molecule has 0 spiro atoms. The quantitative estimate of drug-likeness (QED) is 0.916. The molecule has 2 aromatic rings. The van der Waals surface area contributed by atoms with Gasteiger partial charge in [-0.05, 0) is 38.4 Å². The molecule has 5 heteroatoms. The number of rotatable bonds is 3. The molecule has 1 N–H and O–H groups in total. The van der Waals surface area contributed by atoms with E-state index in [0.29, 0.717) is 10.0 Å². The molecular formula is C14H14Cl2N2S.